The Hall–Kier alpha value is -3.16. The maximum atomic E-state index is 13.0. The van der Waals surface area contributed by atoms with E-state index in [1.165, 1.54) is 24.8 Å². The molecule has 1 N–H and O–H groups in total. The van der Waals surface area contributed by atoms with Crippen molar-refractivity contribution < 1.29 is 9.53 Å². The Morgan fingerprint density at radius 2 is 2.00 bits per heavy atom. The van der Waals surface area contributed by atoms with Crippen LogP contribution in [-0.4, -0.2) is 51.7 Å². The average molecular weight is 463 g/mol. The predicted molar refractivity (Wildman–Crippen MR) is 132 cm³/mol. The Morgan fingerprint density at radius 1 is 1.12 bits per heavy atom. The molecule has 5 rings (SSSR count). The predicted octanol–water partition coefficient (Wildman–Crippen LogP) is 3.53. The smallest absolute Gasteiger partial charge is 0.224 e. The van der Waals surface area contributed by atoms with Gasteiger partial charge in [-0.2, -0.15) is 0 Å². The van der Waals surface area contributed by atoms with Crippen LogP contribution in [0.3, 0.4) is 0 Å². The molecule has 4 heterocycles. The van der Waals surface area contributed by atoms with E-state index in [0.29, 0.717) is 19.7 Å². The third-order valence-electron chi connectivity index (χ3n) is 6.91. The zero-order valence-corrected chi connectivity index (χ0v) is 20.0. The summed E-state index contributed by atoms with van der Waals surface area (Å²) < 4.78 is 7.76. The Bertz CT molecular complexity index is 1130. The van der Waals surface area contributed by atoms with Crippen LogP contribution in [0.4, 0.5) is 5.82 Å². The van der Waals surface area contributed by atoms with Gasteiger partial charge in [-0.3, -0.25) is 4.79 Å². The fourth-order valence-electron chi connectivity index (χ4n) is 5.13. The van der Waals surface area contributed by atoms with Gasteiger partial charge in [-0.25, -0.2) is 15.0 Å². The number of piperidine rings is 1. The maximum absolute atomic E-state index is 13.0. The molecule has 8 heteroatoms. The van der Waals surface area contributed by atoms with E-state index in [0.717, 1.165) is 67.3 Å². The van der Waals surface area contributed by atoms with Gasteiger partial charge >= 0.3 is 0 Å². The van der Waals surface area contributed by atoms with E-state index < -0.39 is 0 Å². The van der Waals surface area contributed by atoms with Gasteiger partial charge in [-0.15, -0.1) is 0 Å². The van der Waals surface area contributed by atoms with Crippen molar-refractivity contribution in [2.24, 2.45) is 5.92 Å². The Balaban J connectivity index is 1.21. The van der Waals surface area contributed by atoms with E-state index in [1.807, 2.05) is 19.1 Å². The van der Waals surface area contributed by atoms with Crippen molar-refractivity contribution in [2.45, 2.75) is 58.4 Å². The molecular weight excluding hydrogens is 428 g/mol. The highest BCUT2D eigenvalue weighted by Crippen LogP contribution is 2.29. The van der Waals surface area contributed by atoms with E-state index in [2.05, 4.69) is 36.9 Å². The number of benzene rings is 1. The first-order valence-electron chi connectivity index (χ1n) is 12.7. The number of nitrogens with zero attached hydrogens (tertiary/aromatic N) is 5. The van der Waals surface area contributed by atoms with E-state index in [4.69, 9.17) is 9.72 Å². The number of aromatic nitrogens is 4. The molecule has 1 atom stereocenters. The minimum atomic E-state index is -0.0421. The first-order chi connectivity index (χ1) is 16.7. The van der Waals surface area contributed by atoms with Gasteiger partial charge in [-0.05, 0) is 56.7 Å². The average Bonchev–Trinajstić information content (AvgIpc) is 3.06. The van der Waals surface area contributed by atoms with Crippen molar-refractivity contribution in [3.8, 4) is 5.75 Å². The molecule has 180 valence electrons. The number of carbonyl (C=O) groups excluding carboxylic acids is 1. The number of imidazole rings is 1. The van der Waals surface area contributed by atoms with Crippen LogP contribution in [-0.2, 0) is 24.2 Å². The van der Waals surface area contributed by atoms with E-state index >= 15 is 0 Å². The molecule has 1 fully saturated rings. The number of carbonyl (C=O) groups is 1. The van der Waals surface area contributed by atoms with Gasteiger partial charge in [0.05, 0.1) is 12.5 Å². The standard InChI is InChI=1S/C26H34N6O2/c1-2-34-21-11-9-19(10-12-21)13-14-27-26(33)20-7-6-15-31(17-20)24-23-25(29-18-28-24)32-16-5-3-4-8-22(32)30-23/h9-12,18,20H,2-8,13-17H2,1H3,(H,27,33)/t20-/m1/s1. The molecule has 2 aromatic heterocycles. The third-order valence-corrected chi connectivity index (χ3v) is 6.91. The Kier molecular flexibility index (Phi) is 6.92. The first-order valence-corrected chi connectivity index (χ1v) is 12.7. The van der Waals surface area contributed by atoms with Gasteiger partial charge in [0.2, 0.25) is 5.91 Å². The molecule has 2 aliphatic rings. The number of hydrogen-bond acceptors (Lipinski definition) is 6. The normalized spacial score (nSPS) is 18.4. The van der Waals surface area contributed by atoms with Crippen molar-refractivity contribution >= 4 is 22.9 Å². The number of rotatable bonds is 7. The summed E-state index contributed by atoms with van der Waals surface area (Å²) in [6, 6.07) is 8.09. The largest absolute Gasteiger partial charge is 0.494 e. The first kappa shape index (κ1) is 22.6. The SMILES string of the molecule is CCOc1ccc(CCNC(=O)[C@@H]2CCCN(c3ncnc4c3nc3n4CCCCC3)C2)cc1. The number of hydrogen-bond donors (Lipinski definition) is 1. The molecule has 0 saturated carbocycles. The van der Waals surface area contributed by atoms with Crippen LogP contribution in [0.15, 0.2) is 30.6 Å². The highest BCUT2D eigenvalue weighted by molar-refractivity contribution is 5.85. The minimum Gasteiger partial charge on any atom is -0.494 e. The van der Waals surface area contributed by atoms with E-state index in [-0.39, 0.29) is 11.8 Å². The third kappa shape index (κ3) is 4.86. The van der Waals surface area contributed by atoms with Crippen LogP contribution in [0.25, 0.3) is 11.2 Å². The second-order valence-corrected chi connectivity index (χ2v) is 9.26. The van der Waals surface area contributed by atoms with Gasteiger partial charge in [0.15, 0.2) is 17.0 Å². The summed E-state index contributed by atoms with van der Waals surface area (Å²) in [5, 5.41) is 3.15. The molecule has 0 radical (unpaired) electrons. The summed E-state index contributed by atoms with van der Waals surface area (Å²) in [7, 11) is 0. The molecule has 3 aromatic rings. The van der Waals surface area contributed by atoms with Crippen LogP contribution in [0.1, 0.15) is 50.4 Å². The van der Waals surface area contributed by atoms with Crippen LogP contribution in [0.2, 0.25) is 0 Å². The van der Waals surface area contributed by atoms with Crippen molar-refractivity contribution in [2.75, 3.05) is 31.1 Å². The van der Waals surface area contributed by atoms with Crippen molar-refractivity contribution in [3.63, 3.8) is 0 Å². The quantitative estimate of drug-likeness (QED) is 0.578. The maximum Gasteiger partial charge on any atom is 0.224 e. The molecule has 8 nitrogen and oxygen atoms in total. The summed E-state index contributed by atoms with van der Waals surface area (Å²) in [5.41, 5.74) is 3.01. The molecular formula is C26H34N6O2. The summed E-state index contributed by atoms with van der Waals surface area (Å²) in [6.45, 7) is 5.81. The lowest BCUT2D eigenvalue weighted by Crippen LogP contribution is -2.44. The van der Waals surface area contributed by atoms with Gasteiger partial charge in [-0.1, -0.05) is 18.6 Å². The molecule has 2 aliphatic heterocycles. The monoisotopic (exact) mass is 462 g/mol. The Labute approximate surface area is 200 Å². The highest BCUT2D eigenvalue weighted by atomic mass is 16.5. The summed E-state index contributed by atoms with van der Waals surface area (Å²) in [4.78, 5) is 29.3. The molecule has 0 bridgehead atoms. The second-order valence-electron chi connectivity index (χ2n) is 9.26. The van der Waals surface area contributed by atoms with Crippen molar-refractivity contribution in [3.05, 3.63) is 42.0 Å². The minimum absolute atomic E-state index is 0.0421. The lowest BCUT2D eigenvalue weighted by atomic mass is 9.97. The molecule has 0 aliphatic carbocycles. The lowest BCUT2D eigenvalue weighted by molar-refractivity contribution is -0.125. The van der Waals surface area contributed by atoms with E-state index in [1.54, 1.807) is 6.33 Å². The fraction of sp³-hybridized carbons (Fsp3) is 0.538. The van der Waals surface area contributed by atoms with Crippen LogP contribution >= 0.6 is 0 Å². The van der Waals surface area contributed by atoms with Crippen molar-refractivity contribution in [1.82, 2.24) is 24.8 Å². The zero-order valence-electron chi connectivity index (χ0n) is 20.0. The molecule has 0 unspecified atom stereocenters. The number of amides is 1. The summed E-state index contributed by atoms with van der Waals surface area (Å²) in [6.07, 6.45) is 8.91. The molecule has 1 amide bonds. The van der Waals surface area contributed by atoms with Gasteiger partial charge in [0, 0.05) is 32.6 Å². The van der Waals surface area contributed by atoms with Crippen molar-refractivity contribution in [1.29, 1.82) is 0 Å². The van der Waals surface area contributed by atoms with Crippen LogP contribution in [0, 0.1) is 5.92 Å². The number of fused-ring (bicyclic) bond motifs is 3. The number of anilines is 1. The molecule has 1 aromatic carbocycles. The highest BCUT2D eigenvalue weighted by Gasteiger charge is 2.29. The molecule has 34 heavy (non-hydrogen) atoms. The Morgan fingerprint density at radius 3 is 2.85 bits per heavy atom. The van der Waals surface area contributed by atoms with Crippen LogP contribution < -0.4 is 15.0 Å². The topological polar surface area (TPSA) is 85.2 Å². The summed E-state index contributed by atoms with van der Waals surface area (Å²) in [5.74, 6) is 2.96. The van der Waals surface area contributed by atoms with Gasteiger partial charge < -0.3 is 19.5 Å². The number of nitrogens with one attached hydrogen (secondary N) is 1. The molecule has 1 saturated heterocycles. The van der Waals surface area contributed by atoms with Crippen LogP contribution in [0.5, 0.6) is 5.75 Å². The fourth-order valence-corrected chi connectivity index (χ4v) is 5.13. The van der Waals surface area contributed by atoms with E-state index in [9.17, 15) is 4.79 Å². The van der Waals surface area contributed by atoms with Gasteiger partial charge in [0.25, 0.3) is 0 Å². The second kappa shape index (κ2) is 10.4. The van der Waals surface area contributed by atoms with Gasteiger partial charge in [0.1, 0.15) is 17.9 Å². The summed E-state index contributed by atoms with van der Waals surface area (Å²) >= 11 is 0. The zero-order chi connectivity index (χ0) is 23.3. The lowest BCUT2D eigenvalue weighted by Gasteiger charge is -2.32. The number of aryl methyl sites for hydroxylation is 2. The number of ether oxygens (including phenoxy) is 1. The molecule has 0 spiro atoms.